The van der Waals surface area contributed by atoms with Gasteiger partial charge in [0.05, 0.1) is 0 Å². The number of halogens is 3. The van der Waals surface area contributed by atoms with E-state index >= 15 is 0 Å². The normalized spacial score (nSPS) is 12.4. The van der Waals surface area contributed by atoms with Gasteiger partial charge in [-0.25, -0.2) is 13.2 Å². The summed E-state index contributed by atoms with van der Waals surface area (Å²) in [5.74, 6) is -3.62. The Bertz CT molecular complexity index is 432. The van der Waals surface area contributed by atoms with Crippen LogP contribution in [0.5, 0.6) is 0 Å². The van der Waals surface area contributed by atoms with Gasteiger partial charge in [0.15, 0.2) is 17.5 Å². The fraction of sp³-hybridized carbons (Fsp3) is 0.500. The van der Waals surface area contributed by atoms with Gasteiger partial charge in [0.2, 0.25) is 0 Å². The largest absolute Gasteiger partial charge is 0.310 e. The molecule has 1 nitrogen and oxygen atoms in total. The Morgan fingerprint density at radius 1 is 1.15 bits per heavy atom. The van der Waals surface area contributed by atoms with Crippen molar-refractivity contribution in [3.05, 3.63) is 47.8 Å². The van der Waals surface area contributed by atoms with Crippen molar-refractivity contribution in [3.63, 3.8) is 0 Å². The minimum absolute atomic E-state index is 0.203. The molecule has 20 heavy (non-hydrogen) atoms. The Morgan fingerprint density at radius 3 is 2.55 bits per heavy atom. The van der Waals surface area contributed by atoms with Gasteiger partial charge in [-0.05, 0) is 31.9 Å². The second kappa shape index (κ2) is 8.80. The Morgan fingerprint density at radius 2 is 1.90 bits per heavy atom. The molecule has 0 heterocycles. The first-order chi connectivity index (χ1) is 9.61. The first kappa shape index (κ1) is 16.8. The molecule has 1 atom stereocenters. The van der Waals surface area contributed by atoms with E-state index < -0.39 is 17.5 Å². The first-order valence-electron chi connectivity index (χ1n) is 7.09. The molecule has 0 saturated carbocycles. The zero-order chi connectivity index (χ0) is 15.0. The number of rotatable bonds is 9. The van der Waals surface area contributed by atoms with Crippen LogP contribution in [0.3, 0.4) is 0 Å². The number of hydrogen-bond donors (Lipinski definition) is 1. The molecule has 0 aliphatic rings. The lowest BCUT2D eigenvalue weighted by molar-refractivity contribution is 0.414. The van der Waals surface area contributed by atoms with Crippen LogP contribution in [0.1, 0.15) is 50.6 Å². The van der Waals surface area contributed by atoms with Crippen molar-refractivity contribution in [1.29, 1.82) is 0 Å². The highest BCUT2D eigenvalue weighted by Crippen LogP contribution is 2.25. The lowest BCUT2D eigenvalue weighted by Gasteiger charge is -2.19. The highest BCUT2D eigenvalue weighted by Gasteiger charge is 2.19. The molecule has 1 aromatic carbocycles. The van der Waals surface area contributed by atoms with E-state index in [9.17, 15) is 13.2 Å². The van der Waals surface area contributed by atoms with E-state index in [2.05, 4.69) is 11.9 Å². The summed E-state index contributed by atoms with van der Waals surface area (Å²) >= 11 is 0. The second-order valence-corrected chi connectivity index (χ2v) is 4.80. The van der Waals surface area contributed by atoms with E-state index in [1.807, 2.05) is 13.0 Å². The third kappa shape index (κ3) is 4.67. The molecule has 0 saturated heterocycles. The number of unbranched alkanes of at least 4 members (excludes halogenated alkanes) is 3. The fourth-order valence-electron chi connectivity index (χ4n) is 2.24. The van der Waals surface area contributed by atoms with Gasteiger partial charge in [-0.3, -0.25) is 0 Å². The maximum Gasteiger partial charge on any atom is 0.194 e. The quantitative estimate of drug-likeness (QED) is 0.387. The summed E-state index contributed by atoms with van der Waals surface area (Å²) in [6, 6.07) is 2.03. The molecule has 0 aliphatic heterocycles. The van der Waals surface area contributed by atoms with Crippen LogP contribution in [0.4, 0.5) is 13.2 Å². The van der Waals surface area contributed by atoms with Crippen molar-refractivity contribution in [1.82, 2.24) is 5.32 Å². The zero-order valence-electron chi connectivity index (χ0n) is 11.9. The summed E-state index contributed by atoms with van der Waals surface area (Å²) in [5.41, 5.74) is 0.203. The van der Waals surface area contributed by atoms with Gasteiger partial charge in [0.1, 0.15) is 0 Å². The van der Waals surface area contributed by atoms with Gasteiger partial charge in [-0.15, -0.1) is 6.58 Å². The molecule has 0 aliphatic carbocycles. The van der Waals surface area contributed by atoms with Gasteiger partial charge in [0, 0.05) is 11.6 Å². The molecule has 1 rings (SSSR count). The number of hydrogen-bond acceptors (Lipinski definition) is 1. The zero-order valence-corrected chi connectivity index (χ0v) is 11.9. The molecule has 0 radical (unpaired) electrons. The molecule has 0 spiro atoms. The van der Waals surface area contributed by atoms with E-state index in [1.54, 1.807) is 0 Å². The van der Waals surface area contributed by atoms with Crippen molar-refractivity contribution >= 4 is 0 Å². The molecule has 1 unspecified atom stereocenters. The highest BCUT2D eigenvalue weighted by atomic mass is 19.2. The van der Waals surface area contributed by atoms with E-state index in [-0.39, 0.29) is 11.6 Å². The fourth-order valence-corrected chi connectivity index (χ4v) is 2.24. The van der Waals surface area contributed by atoms with Crippen LogP contribution in [-0.2, 0) is 0 Å². The molecular weight excluding hydrogens is 263 g/mol. The molecule has 1 aromatic rings. The highest BCUT2D eigenvalue weighted by molar-refractivity contribution is 5.23. The van der Waals surface area contributed by atoms with Gasteiger partial charge < -0.3 is 5.32 Å². The Labute approximate surface area is 118 Å². The predicted molar refractivity (Wildman–Crippen MR) is 76.0 cm³/mol. The van der Waals surface area contributed by atoms with Crippen molar-refractivity contribution in [3.8, 4) is 0 Å². The van der Waals surface area contributed by atoms with E-state index in [4.69, 9.17) is 0 Å². The topological polar surface area (TPSA) is 12.0 Å². The standard InChI is InChI=1S/C16H22F3N/c1-3-5-6-7-8-9-14(20-4-2)12-10-11-13(17)16(19)15(12)18/h3,10-11,14,20H,1,4-9H2,2H3. The van der Waals surface area contributed by atoms with Crippen LogP contribution in [0, 0.1) is 17.5 Å². The van der Waals surface area contributed by atoms with Crippen LogP contribution >= 0.6 is 0 Å². The summed E-state index contributed by atoms with van der Waals surface area (Å²) in [6.45, 7) is 6.21. The summed E-state index contributed by atoms with van der Waals surface area (Å²) in [5, 5.41) is 3.13. The summed E-state index contributed by atoms with van der Waals surface area (Å²) in [7, 11) is 0. The molecule has 112 valence electrons. The molecule has 4 heteroatoms. The third-order valence-electron chi connectivity index (χ3n) is 3.29. The van der Waals surface area contributed by atoms with Crippen LogP contribution in [-0.4, -0.2) is 6.54 Å². The summed E-state index contributed by atoms with van der Waals surface area (Å²) < 4.78 is 40.0. The SMILES string of the molecule is C=CCCCCCC(NCC)c1ccc(F)c(F)c1F. The summed E-state index contributed by atoms with van der Waals surface area (Å²) in [4.78, 5) is 0. The van der Waals surface area contributed by atoms with Crippen molar-refractivity contribution in [2.45, 2.75) is 45.1 Å². The van der Waals surface area contributed by atoms with Gasteiger partial charge in [-0.1, -0.05) is 31.9 Å². The third-order valence-corrected chi connectivity index (χ3v) is 3.29. The molecule has 0 aromatic heterocycles. The van der Waals surface area contributed by atoms with Crippen molar-refractivity contribution in [2.24, 2.45) is 0 Å². The van der Waals surface area contributed by atoms with Crippen LogP contribution in [0.2, 0.25) is 0 Å². The van der Waals surface area contributed by atoms with Crippen LogP contribution in [0.15, 0.2) is 24.8 Å². The Kier molecular flexibility index (Phi) is 7.37. The van der Waals surface area contributed by atoms with Gasteiger partial charge in [-0.2, -0.15) is 0 Å². The molecule has 0 fully saturated rings. The molecule has 0 bridgehead atoms. The Balaban J connectivity index is 2.70. The van der Waals surface area contributed by atoms with Crippen molar-refractivity contribution in [2.75, 3.05) is 6.54 Å². The average molecular weight is 285 g/mol. The predicted octanol–water partition coefficient (Wildman–Crippen LogP) is 4.89. The van der Waals surface area contributed by atoms with Gasteiger partial charge >= 0.3 is 0 Å². The maximum atomic E-state index is 13.8. The number of allylic oxidation sites excluding steroid dienone is 1. The monoisotopic (exact) mass is 285 g/mol. The molecular formula is C16H22F3N. The van der Waals surface area contributed by atoms with Crippen LogP contribution in [0.25, 0.3) is 0 Å². The minimum atomic E-state index is -1.39. The smallest absolute Gasteiger partial charge is 0.194 e. The van der Waals surface area contributed by atoms with Crippen molar-refractivity contribution < 1.29 is 13.2 Å². The number of benzene rings is 1. The van der Waals surface area contributed by atoms with E-state index in [0.29, 0.717) is 13.0 Å². The second-order valence-electron chi connectivity index (χ2n) is 4.80. The van der Waals surface area contributed by atoms with Crippen LogP contribution < -0.4 is 5.32 Å². The average Bonchev–Trinajstić information content (AvgIpc) is 2.44. The first-order valence-corrected chi connectivity index (χ1v) is 7.09. The number of nitrogens with one attached hydrogen (secondary N) is 1. The maximum absolute atomic E-state index is 13.8. The lowest BCUT2D eigenvalue weighted by Crippen LogP contribution is -2.22. The molecule has 1 N–H and O–H groups in total. The Hall–Kier alpha value is -1.29. The lowest BCUT2D eigenvalue weighted by atomic mass is 9.99. The van der Waals surface area contributed by atoms with E-state index in [0.717, 1.165) is 31.7 Å². The minimum Gasteiger partial charge on any atom is -0.310 e. The molecule has 0 amide bonds. The van der Waals surface area contributed by atoms with E-state index in [1.165, 1.54) is 6.07 Å². The summed E-state index contributed by atoms with van der Waals surface area (Å²) in [6.07, 6.45) is 6.50. The van der Waals surface area contributed by atoms with Gasteiger partial charge in [0.25, 0.3) is 0 Å².